The number of amides is 2. The Kier molecular flexibility index (Phi) is 4.77. The number of carbonyl (C=O) groups excluding carboxylic acids is 1. The SMILES string of the molecule is N#CCCN(C(=O)N1CCCC1C(=O)O)c1ccccc1. The molecule has 110 valence electrons. The summed E-state index contributed by atoms with van der Waals surface area (Å²) in [4.78, 5) is 26.7. The van der Waals surface area contributed by atoms with Gasteiger partial charge >= 0.3 is 12.0 Å². The molecule has 0 radical (unpaired) electrons. The fourth-order valence-corrected chi connectivity index (χ4v) is 2.51. The first kappa shape index (κ1) is 14.9. The quantitative estimate of drug-likeness (QED) is 0.918. The van der Waals surface area contributed by atoms with Gasteiger partial charge in [-0.2, -0.15) is 5.26 Å². The highest BCUT2D eigenvalue weighted by Crippen LogP contribution is 2.23. The molecule has 1 N–H and O–H groups in total. The van der Waals surface area contributed by atoms with Crippen molar-refractivity contribution in [1.82, 2.24) is 4.90 Å². The highest BCUT2D eigenvalue weighted by Gasteiger charge is 2.36. The summed E-state index contributed by atoms with van der Waals surface area (Å²) < 4.78 is 0. The standard InChI is InChI=1S/C15H17N3O3/c16-9-5-11-17(12-6-2-1-3-7-12)15(21)18-10-4-8-13(18)14(19)20/h1-3,6-7,13H,4-5,8,10-11H2,(H,19,20). The summed E-state index contributed by atoms with van der Waals surface area (Å²) in [5.74, 6) is -0.978. The number of hydrogen-bond donors (Lipinski definition) is 1. The van der Waals surface area contributed by atoms with Crippen molar-refractivity contribution in [3.8, 4) is 6.07 Å². The molecule has 21 heavy (non-hydrogen) atoms. The molecule has 1 aliphatic heterocycles. The lowest BCUT2D eigenvalue weighted by Gasteiger charge is -2.30. The van der Waals surface area contributed by atoms with Crippen molar-refractivity contribution in [3.63, 3.8) is 0 Å². The van der Waals surface area contributed by atoms with Gasteiger partial charge in [0.25, 0.3) is 0 Å². The van der Waals surface area contributed by atoms with Crippen LogP contribution < -0.4 is 4.90 Å². The number of carbonyl (C=O) groups is 2. The molecule has 6 heteroatoms. The van der Waals surface area contributed by atoms with Gasteiger partial charge < -0.3 is 10.0 Å². The second-order valence-corrected chi connectivity index (χ2v) is 4.87. The topological polar surface area (TPSA) is 84.6 Å². The molecular weight excluding hydrogens is 270 g/mol. The lowest BCUT2D eigenvalue weighted by molar-refractivity contribution is -0.141. The second-order valence-electron chi connectivity index (χ2n) is 4.87. The molecule has 2 amide bonds. The number of carboxylic acids is 1. The molecule has 1 saturated heterocycles. The highest BCUT2D eigenvalue weighted by molar-refractivity contribution is 5.94. The Morgan fingerprint density at radius 2 is 2.10 bits per heavy atom. The third-order valence-electron chi connectivity index (χ3n) is 3.53. The summed E-state index contributed by atoms with van der Waals surface area (Å²) in [5, 5.41) is 17.9. The van der Waals surface area contributed by atoms with E-state index in [0.717, 1.165) is 0 Å². The maximum Gasteiger partial charge on any atom is 0.326 e. The molecule has 6 nitrogen and oxygen atoms in total. The van der Waals surface area contributed by atoms with Crippen molar-refractivity contribution in [2.24, 2.45) is 0 Å². The normalized spacial score (nSPS) is 17.3. The van der Waals surface area contributed by atoms with E-state index in [0.29, 0.717) is 25.1 Å². The van der Waals surface area contributed by atoms with Gasteiger partial charge in [0.05, 0.1) is 12.5 Å². The zero-order valence-electron chi connectivity index (χ0n) is 11.6. The van der Waals surface area contributed by atoms with Crippen LogP contribution in [0.5, 0.6) is 0 Å². The maximum absolute atomic E-state index is 12.6. The molecule has 1 aromatic carbocycles. The van der Waals surface area contributed by atoms with Gasteiger partial charge in [-0.25, -0.2) is 9.59 Å². The van der Waals surface area contributed by atoms with Crippen LogP contribution in [-0.2, 0) is 4.79 Å². The summed E-state index contributed by atoms with van der Waals surface area (Å²) in [6, 6.07) is 9.91. The van der Waals surface area contributed by atoms with Gasteiger partial charge in [-0.15, -0.1) is 0 Å². The Hall–Kier alpha value is -2.55. The average molecular weight is 287 g/mol. The first-order valence-corrected chi connectivity index (χ1v) is 6.88. The minimum Gasteiger partial charge on any atom is -0.480 e. The number of urea groups is 1. The average Bonchev–Trinajstić information content (AvgIpc) is 2.98. The largest absolute Gasteiger partial charge is 0.480 e. The molecule has 1 aromatic rings. The van der Waals surface area contributed by atoms with E-state index in [1.54, 1.807) is 24.3 Å². The molecule has 0 aromatic heterocycles. The van der Waals surface area contributed by atoms with Gasteiger partial charge in [-0.1, -0.05) is 18.2 Å². The first-order chi connectivity index (χ1) is 10.1. The van der Waals surface area contributed by atoms with Crippen LogP contribution in [0.4, 0.5) is 10.5 Å². The number of para-hydroxylation sites is 1. The van der Waals surface area contributed by atoms with E-state index < -0.39 is 12.0 Å². The smallest absolute Gasteiger partial charge is 0.326 e. The zero-order chi connectivity index (χ0) is 15.2. The number of nitriles is 1. The maximum atomic E-state index is 12.6. The van der Waals surface area contributed by atoms with E-state index >= 15 is 0 Å². The first-order valence-electron chi connectivity index (χ1n) is 6.88. The number of rotatable bonds is 4. The number of carboxylic acid groups (broad SMARTS) is 1. The summed E-state index contributed by atoms with van der Waals surface area (Å²) >= 11 is 0. The monoisotopic (exact) mass is 287 g/mol. The fraction of sp³-hybridized carbons (Fsp3) is 0.400. The van der Waals surface area contributed by atoms with Crippen molar-refractivity contribution >= 4 is 17.7 Å². The molecule has 0 spiro atoms. The van der Waals surface area contributed by atoms with Gasteiger partial charge in [0.1, 0.15) is 6.04 Å². The van der Waals surface area contributed by atoms with Crippen LogP contribution in [0, 0.1) is 11.3 Å². The Morgan fingerprint density at radius 3 is 2.71 bits per heavy atom. The molecule has 1 unspecified atom stereocenters. The van der Waals surface area contributed by atoms with E-state index in [4.69, 9.17) is 5.26 Å². The van der Waals surface area contributed by atoms with Crippen LogP contribution in [0.3, 0.4) is 0 Å². The lowest BCUT2D eigenvalue weighted by Crippen LogP contribution is -2.48. The van der Waals surface area contributed by atoms with E-state index in [1.807, 2.05) is 12.1 Å². The predicted octanol–water partition coefficient (Wildman–Crippen LogP) is 2.08. The van der Waals surface area contributed by atoms with E-state index in [9.17, 15) is 14.7 Å². The Balaban J connectivity index is 2.22. The van der Waals surface area contributed by atoms with Crippen LogP contribution in [-0.4, -0.2) is 41.1 Å². The molecule has 2 rings (SSSR count). The number of likely N-dealkylation sites (tertiary alicyclic amines) is 1. The summed E-state index contributed by atoms with van der Waals surface area (Å²) in [6.45, 7) is 0.688. The molecule has 1 heterocycles. The molecular formula is C15H17N3O3. The number of aliphatic carboxylic acids is 1. The van der Waals surface area contributed by atoms with Gasteiger partial charge in [0.15, 0.2) is 0 Å². The molecule has 1 fully saturated rings. The number of anilines is 1. The predicted molar refractivity (Wildman–Crippen MR) is 76.8 cm³/mol. The molecule has 1 atom stereocenters. The van der Waals surface area contributed by atoms with E-state index in [2.05, 4.69) is 0 Å². The summed E-state index contributed by atoms with van der Waals surface area (Å²) in [5.41, 5.74) is 0.675. The van der Waals surface area contributed by atoms with Crippen molar-refractivity contribution < 1.29 is 14.7 Å². The summed E-state index contributed by atoms with van der Waals surface area (Å²) in [7, 11) is 0. The molecule has 0 bridgehead atoms. The van der Waals surface area contributed by atoms with Gasteiger partial charge in [-0.05, 0) is 25.0 Å². The third kappa shape index (κ3) is 3.31. The van der Waals surface area contributed by atoms with Crippen molar-refractivity contribution in [1.29, 1.82) is 5.26 Å². The highest BCUT2D eigenvalue weighted by atomic mass is 16.4. The van der Waals surface area contributed by atoms with Crippen LogP contribution >= 0.6 is 0 Å². The van der Waals surface area contributed by atoms with Crippen molar-refractivity contribution in [2.45, 2.75) is 25.3 Å². The molecule has 0 saturated carbocycles. The van der Waals surface area contributed by atoms with Crippen molar-refractivity contribution in [3.05, 3.63) is 30.3 Å². The van der Waals surface area contributed by atoms with Crippen LogP contribution in [0.25, 0.3) is 0 Å². The lowest BCUT2D eigenvalue weighted by atomic mass is 10.2. The van der Waals surface area contributed by atoms with E-state index in [1.165, 1.54) is 9.80 Å². The second kappa shape index (κ2) is 6.75. The Bertz CT molecular complexity index is 553. The Labute approximate surface area is 123 Å². The van der Waals surface area contributed by atoms with Crippen molar-refractivity contribution in [2.75, 3.05) is 18.0 Å². The van der Waals surface area contributed by atoms with Crippen LogP contribution in [0.15, 0.2) is 30.3 Å². The number of nitrogens with zero attached hydrogens (tertiary/aromatic N) is 3. The molecule has 1 aliphatic rings. The van der Waals surface area contributed by atoms with Crippen LogP contribution in [0.2, 0.25) is 0 Å². The Morgan fingerprint density at radius 1 is 1.38 bits per heavy atom. The summed E-state index contributed by atoms with van der Waals surface area (Å²) in [6.07, 6.45) is 1.36. The van der Waals surface area contributed by atoms with E-state index in [-0.39, 0.29) is 19.0 Å². The van der Waals surface area contributed by atoms with Gasteiger partial charge in [0, 0.05) is 18.8 Å². The third-order valence-corrected chi connectivity index (χ3v) is 3.53. The fourth-order valence-electron chi connectivity index (χ4n) is 2.51. The molecule has 0 aliphatic carbocycles. The minimum atomic E-state index is -0.978. The number of hydrogen-bond acceptors (Lipinski definition) is 3. The zero-order valence-corrected chi connectivity index (χ0v) is 11.6. The minimum absolute atomic E-state index is 0.201. The number of benzene rings is 1. The van der Waals surface area contributed by atoms with Crippen LogP contribution in [0.1, 0.15) is 19.3 Å². The van der Waals surface area contributed by atoms with Gasteiger partial charge in [-0.3, -0.25) is 4.90 Å². The van der Waals surface area contributed by atoms with Gasteiger partial charge in [0.2, 0.25) is 0 Å².